The Hall–Kier alpha value is -1.45. The number of unbranched alkanes of at least 4 members (excludes halogenated alkanes) is 27. The maximum absolute atomic E-state index is 13.8. The molecule has 6 N–H and O–H groups in total. The van der Waals surface area contributed by atoms with Crippen LogP contribution in [0.25, 0.3) is 0 Å². The zero-order chi connectivity index (χ0) is 50.5. The first-order valence-electron chi connectivity index (χ1n) is 27.1. The number of rotatable bonds is 43. The van der Waals surface area contributed by atoms with E-state index in [0.29, 0.717) is 6.42 Å². The summed E-state index contributed by atoms with van der Waals surface area (Å²) in [7, 11) is 0. The van der Waals surface area contributed by atoms with E-state index < -0.39 is 86.6 Å². The van der Waals surface area contributed by atoms with Crippen molar-refractivity contribution >= 4 is 24.3 Å². The molecule has 16 nitrogen and oxygen atoms in total. The van der Waals surface area contributed by atoms with Gasteiger partial charge in [-0.2, -0.15) is 0 Å². The van der Waals surface area contributed by atoms with Gasteiger partial charge >= 0.3 is 11.9 Å². The molecule has 2 saturated heterocycles. The summed E-state index contributed by atoms with van der Waals surface area (Å²) in [5.41, 5.74) is 0.264. The molecule has 406 valence electrons. The Morgan fingerprint density at radius 3 is 1.43 bits per heavy atom. The largest absolute Gasteiger partial charge is 0.455 e. The van der Waals surface area contributed by atoms with Gasteiger partial charge in [0.1, 0.15) is 30.5 Å². The van der Waals surface area contributed by atoms with Crippen LogP contribution >= 0.6 is 12.3 Å². The van der Waals surface area contributed by atoms with Gasteiger partial charge in [0.15, 0.2) is 36.9 Å². The summed E-state index contributed by atoms with van der Waals surface area (Å²) in [5, 5.41) is 65.3. The highest BCUT2D eigenvalue weighted by atomic mass is 32.2. The Morgan fingerprint density at radius 1 is 0.565 bits per heavy atom. The van der Waals surface area contributed by atoms with Gasteiger partial charge in [-0.3, -0.25) is 8.98 Å². The molecule has 10 unspecified atom stereocenters. The number of carbonyl (C=O) groups excluding carboxylic acids is 2. The van der Waals surface area contributed by atoms with Crippen LogP contribution in [0.1, 0.15) is 227 Å². The van der Waals surface area contributed by atoms with Crippen LogP contribution in [0.2, 0.25) is 0 Å². The average Bonchev–Trinajstić information content (AvgIpc) is 3.34. The van der Waals surface area contributed by atoms with E-state index in [1.165, 1.54) is 141 Å². The Labute approximate surface area is 419 Å². The second-order valence-corrected chi connectivity index (χ2v) is 20.0. The van der Waals surface area contributed by atoms with E-state index in [9.17, 15) is 35.1 Å². The van der Waals surface area contributed by atoms with E-state index in [0.717, 1.165) is 44.9 Å². The first-order valence-corrected chi connectivity index (χ1v) is 27.8. The zero-order valence-electron chi connectivity index (χ0n) is 42.9. The van der Waals surface area contributed by atoms with E-state index in [1.807, 2.05) is 13.0 Å². The zero-order valence-corrected chi connectivity index (χ0v) is 43.8. The second-order valence-electron chi connectivity index (χ2n) is 19.6. The summed E-state index contributed by atoms with van der Waals surface area (Å²) < 4.78 is 39.1. The predicted octanol–water partition coefficient (Wildman–Crippen LogP) is 10.4. The molecule has 0 bridgehead atoms. The van der Waals surface area contributed by atoms with E-state index in [1.54, 1.807) is 6.92 Å². The third-order valence-corrected chi connectivity index (χ3v) is 13.9. The minimum Gasteiger partial charge on any atom is -0.455 e. The van der Waals surface area contributed by atoms with Crippen molar-refractivity contribution < 1.29 is 77.6 Å². The normalized spacial score (nSPS) is 25.7. The van der Waals surface area contributed by atoms with Crippen LogP contribution in [0.3, 0.4) is 0 Å². The third kappa shape index (κ3) is 27.4. The van der Waals surface area contributed by atoms with Crippen LogP contribution < -0.4 is 0 Å². The Kier molecular flexibility index (Phi) is 37.8. The molecule has 2 aliphatic heterocycles. The summed E-state index contributed by atoms with van der Waals surface area (Å²) in [6.07, 6.45) is 21.8. The number of allylic oxidation sites excluding steroid dienone is 1. The number of hydrogen-bond donors (Lipinski definition) is 6. The second kappa shape index (κ2) is 41.0. The highest BCUT2D eigenvalue weighted by Crippen LogP contribution is 2.34. The number of carbonyl (C=O) groups is 2. The topological polar surface area (TPSA) is 229 Å². The van der Waals surface area contributed by atoms with E-state index in [2.05, 4.69) is 23.2 Å². The van der Waals surface area contributed by atoms with Crippen LogP contribution in [-0.2, 0) is 46.8 Å². The lowest BCUT2D eigenvalue weighted by Gasteiger charge is -2.46. The maximum Gasteiger partial charge on any atom is 0.333 e. The van der Waals surface area contributed by atoms with Gasteiger partial charge in [0, 0.05) is 12.0 Å². The highest BCUT2D eigenvalue weighted by Gasteiger charge is 2.54. The molecule has 11 atom stereocenters. The van der Waals surface area contributed by atoms with Crippen LogP contribution in [0, 0.1) is 5.92 Å². The first kappa shape index (κ1) is 63.7. The van der Waals surface area contributed by atoms with Gasteiger partial charge in [-0.15, -0.1) is 4.33 Å². The number of aliphatic hydroxyl groups excluding tert-OH is 5. The van der Waals surface area contributed by atoms with Gasteiger partial charge in [-0.05, 0) is 25.7 Å². The molecule has 2 aliphatic rings. The monoisotopic (exact) mass is 1010 g/mol. The molecule has 0 spiro atoms. The number of ether oxygens (including phenoxy) is 5. The molecule has 69 heavy (non-hydrogen) atoms. The van der Waals surface area contributed by atoms with Gasteiger partial charge in [0.2, 0.25) is 6.29 Å². The SMILES string of the molecule is CCCCCCCCCCCCCCCCCC[C@H](C)C=C(C)C(=O)OC1C(OC2OC(CO)C(O)C(O)C2OSOOO)OC(CO)C(O)C1OC(=O)CCCCCCCCCCCCCCC. The van der Waals surface area contributed by atoms with Gasteiger partial charge < -0.3 is 49.2 Å². The highest BCUT2D eigenvalue weighted by molar-refractivity contribution is 7.89. The maximum atomic E-state index is 13.8. The van der Waals surface area contributed by atoms with E-state index in [-0.39, 0.29) is 30.2 Å². The fraction of sp³-hybridized carbons (Fsp3) is 0.923. The van der Waals surface area contributed by atoms with Gasteiger partial charge in [0.05, 0.1) is 13.2 Å². The summed E-state index contributed by atoms with van der Waals surface area (Å²) in [6.45, 7) is 6.60. The fourth-order valence-electron chi connectivity index (χ4n) is 9.19. The molecule has 0 amide bonds. The number of hydrogen-bond acceptors (Lipinski definition) is 17. The van der Waals surface area contributed by atoms with Crippen LogP contribution in [0.15, 0.2) is 11.6 Å². The van der Waals surface area contributed by atoms with Crippen molar-refractivity contribution in [1.29, 1.82) is 0 Å². The summed E-state index contributed by atoms with van der Waals surface area (Å²) in [5.74, 6) is -1.42. The molecular formula is C52H96O16S. The van der Waals surface area contributed by atoms with Crippen LogP contribution in [-0.4, -0.2) is 117 Å². The van der Waals surface area contributed by atoms with Crippen molar-refractivity contribution in [2.24, 2.45) is 5.92 Å². The average molecular weight is 1010 g/mol. The smallest absolute Gasteiger partial charge is 0.333 e. The molecule has 0 aromatic carbocycles. The first-order chi connectivity index (χ1) is 33.5. The van der Waals surface area contributed by atoms with Gasteiger partial charge in [0.25, 0.3) is 0 Å². The molecule has 0 radical (unpaired) electrons. The molecular weight excluding hydrogens is 913 g/mol. The number of esters is 2. The molecule has 0 saturated carbocycles. The van der Waals surface area contributed by atoms with Crippen molar-refractivity contribution in [1.82, 2.24) is 0 Å². The van der Waals surface area contributed by atoms with Crippen molar-refractivity contribution in [2.75, 3.05) is 13.2 Å². The van der Waals surface area contributed by atoms with Crippen LogP contribution in [0.4, 0.5) is 0 Å². The Bertz CT molecular complexity index is 1300. The molecule has 0 aliphatic carbocycles. The van der Waals surface area contributed by atoms with E-state index >= 15 is 0 Å². The lowest BCUT2D eigenvalue weighted by atomic mass is 9.97. The molecule has 2 rings (SSSR count). The summed E-state index contributed by atoms with van der Waals surface area (Å²) >= 11 is 0.0621. The minimum atomic E-state index is -1.77. The Balaban J connectivity index is 2.03. The van der Waals surface area contributed by atoms with Crippen molar-refractivity contribution in [2.45, 2.75) is 288 Å². The van der Waals surface area contributed by atoms with Crippen molar-refractivity contribution in [3.63, 3.8) is 0 Å². The van der Waals surface area contributed by atoms with Gasteiger partial charge in [-0.1, -0.05) is 212 Å². The van der Waals surface area contributed by atoms with E-state index in [4.69, 9.17) is 33.1 Å². The minimum absolute atomic E-state index is 0.0294. The fourth-order valence-corrected chi connectivity index (χ4v) is 9.54. The number of aliphatic hydroxyl groups is 5. The van der Waals surface area contributed by atoms with Gasteiger partial charge in [-0.25, -0.2) is 10.1 Å². The molecule has 17 heteroatoms. The van der Waals surface area contributed by atoms with Crippen molar-refractivity contribution in [3.8, 4) is 0 Å². The summed E-state index contributed by atoms with van der Waals surface area (Å²) in [4.78, 5) is 27.2. The lowest BCUT2D eigenvalue weighted by molar-refractivity contribution is -0.435. The predicted molar refractivity (Wildman–Crippen MR) is 265 cm³/mol. The Morgan fingerprint density at radius 2 is 0.986 bits per heavy atom. The van der Waals surface area contributed by atoms with Crippen LogP contribution in [0.5, 0.6) is 0 Å². The third-order valence-electron chi connectivity index (χ3n) is 13.5. The lowest BCUT2D eigenvalue weighted by Crippen LogP contribution is -2.65. The quantitative estimate of drug-likeness (QED) is 0.00833. The van der Waals surface area contributed by atoms with Crippen molar-refractivity contribution in [3.05, 3.63) is 11.6 Å². The molecule has 0 aromatic heterocycles. The molecule has 2 heterocycles. The standard InChI is InChI=1S/C52H96O16S/c1-5-7-9-11-13-15-17-19-20-21-23-24-26-28-30-32-34-39(3)36-40(4)50(59)64-49-47(63-43(55)35-33-31-29-27-25-22-18-16-14-12-10-8-6-2)45(57)42(38-54)62-52(49)65-51-48(66-69-68-67-60)46(58)44(56)41(37-53)61-51/h36,39,41-42,44-49,51-54,56-58,60H,5-35,37-38H2,1-4H3/t39-,41?,42?,44?,45?,46?,47?,48?,49?,51?,52?/m0/s1. The molecule has 2 fully saturated rings. The summed E-state index contributed by atoms with van der Waals surface area (Å²) in [6, 6.07) is 0. The molecule has 0 aromatic rings.